The number of nitrogens with zero attached hydrogens (tertiary/aromatic N) is 2. The molecular weight excluding hydrogens is 455 g/mol. The lowest BCUT2D eigenvalue weighted by Crippen LogP contribution is -2.53. The van der Waals surface area contributed by atoms with Gasteiger partial charge >= 0.3 is 0 Å². The van der Waals surface area contributed by atoms with Crippen molar-refractivity contribution in [2.24, 2.45) is 0 Å². The molecule has 0 radical (unpaired) electrons. The lowest BCUT2D eigenvalue weighted by atomic mass is 9.83. The Morgan fingerprint density at radius 3 is 2.35 bits per heavy atom. The Labute approximate surface area is 194 Å². The van der Waals surface area contributed by atoms with Crippen molar-refractivity contribution >= 4 is 33.2 Å². The number of likely N-dealkylation sites (tertiary alicyclic amines) is 1. The van der Waals surface area contributed by atoms with Gasteiger partial charge in [0.1, 0.15) is 4.90 Å². The number of aliphatic hydroxyl groups is 1. The number of halogens is 2. The Hall–Kier alpha value is -1.15. The lowest BCUT2D eigenvalue weighted by molar-refractivity contribution is -0.0404. The first kappa shape index (κ1) is 23.0. The van der Waals surface area contributed by atoms with Crippen LogP contribution in [0.4, 0.5) is 0 Å². The maximum atomic E-state index is 13.3. The summed E-state index contributed by atoms with van der Waals surface area (Å²) in [5.41, 5.74) is 0.690. The Kier molecular flexibility index (Phi) is 6.69. The van der Waals surface area contributed by atoms with E-state index in [0.29, 0.717) is 36.5 Å². The third-order valence-electron chi connectivity index (χ3n) is 6.64. The van der Waals surface area contributed by atoms with Crippen molar-refractivity contribution < 1.29 is 13.5 Å². The van der Waals surface area contributed by atoms with E-state index in [4.69, 9.17) is 23.2 Å². The van der Waals surface area contributed by atoms with Crippen molar-refractivity contribution in [3.8, 4) is 0 Å². The predicted molar refractivity (Wildman–Crippen MR) is 124 cm³/mol. The smallest absolute Gasteiger partial charge is 0.244 e. The molecule has 1 N–H and O–H groups in total. The van der Waals surface area contributed by atoms with Crippen molar-refractivity contribution in [1.82, 2.24) is 9.21 Å². The molecule has 2 aromatic carbocycles. The second-order valence-electron chi connectivity index (χ2n) is 8.62. The van der Waals surface area contributed by atoms with E-state index >= 15 is 0 Å². The largest absolute Gasteiger partial charge is 0.385 e. The number of sulfonamides is 1. The second kappa shape index (κ2) is 9.00. The number of benzene rings is 2. The summed E-state index contributed by atoms with van der Waals surface area (Å²) < 4.78 is 28.3. The average molecular weight is 483 g/mol. The van der Waals surface area contributed by atoms with Crippen LogP contribution in [0.2, 0.25) is 10.0 Å². The number of hydrogen-bond acceptors (Lipinski definition) is 4. The second-order valence-corrected chi connectivity index (χ2v) is 11.3. The summed E-state index contributed by atoms with van der Waals surface area (Å²) >= 11 is 12.2. The van der Waals surface area contributed by atoms with Crippen molar-refractivity contribution in [1.29, 1.82) is 0 Å². The van der Waals surface area contributed by atoms with E-state index in [1.165, 1.54) is 0 Å². The van der Waals surface area contributed by atoms with E-state index in [1.807, 2.05) is 24.3 Å². The number of rotatable bonds is 4. The lowest BCUT2D eigenvalue weighted by Gasteiger charge is -2.44. The van der Waals surface area contributed by atoms with E-state index < -0.39 is 15.6 Å². The topological polar surface area (TPSA) is 60.9 Å². The summed E-state index contributed by atoms with van der Waals surface area (Å²) in [6.07, 6.45) is 2.99. The zero-order chi connectivity index (χ0) is 22.2. The molecular formula is C23H28Cl2N2O3S. The van der Waals surface area contributed by atoms with Gasteiger partial charge < -0.3 is 5.11 Å². The van der Waals surface area contributed by atoms with Crippen molar-refractivity contribution in [2.45, 2.75) is 49.1 Å². The van der Waals surface area contributed by atoms with Crippen LogP contribution in [0.1, 0.15) is 36.8 Å². The predicted octanol–water partition coefficient (Wildman–Crippen LogP) is 4.44. The van der Waals surface area contributed by atoms with Crippen LogP contribution in [0.3, 0.4) is 0 Å². The molecule has 168 valence electrons. The van der Waals surface area contributed by atoms with Crippen LogP contribution in [0.15, 0.2) is 47.4 Å². The highest BCUT2D eigenvalue weighted by molar-refractivity contribution is 7.89. The molecule has 0 bridgehead atoms. The molecule has 2 saturated heterocycles. The third kappa shape index (κ3) is 4.65. The molecule has 2 fully saturated rings. The van der Waals surface area contributed by atoms with E-state index in [1.54, 1.807) is 29.4 Å². The van der Waals surface area contributed by atoms with Gasteiger partial charge in [-0.25, -0.2) is 8.42 Å². The van der Waals surface area contributed by atoms with Crippen LogP contribution in [-0.4, -0.2) is 55.0 Å². The van der Waals surface area contributed by atoms with Crippen LogP contribution in [0.5, 0.6) is 0 Å². The minimum absolute atomic E-state index is 0.140. The molecule has 2 aromatic rings. The quantitative estimate of drug-likeness (QED) is 0.699. The SMILES string of the molecule is Cc1cccc(Cl)c1S(=O)(=O)N1CCC[C@@H](N2CCC(O)(c3ccc(Cl)cc3)CC2)C1. The zero-order valence-corrected chi connectivity index (χ0v) is 19.9. The molecule has 0 unspecified atom stereocenters. The maximum absolute atomic E-state index is 13.3. The Morgan fingerprint density at radius 2 is 1.71 bits per heavy atom. The molecule has 0 saturated carbocycles. The van der Waals surface area contributed by atoms with Crippen molar-refractivity contribution in [3.63, 3.8) is 0 Å². The van der Waals surface area contributed by atoms with E-state index in [-0.39, 0.29) is 16.0 Å². The Balaban J connectivity index is 1.46. The number of hydrogen-bond donors (Lipinski definition) is 1. The van der Waals surface area contributed by atoms with Gasteiger partial charge in [-0.05, 0) is 61.9 Å². The van der Waals surface area contributed by atoms with Gasteiger partial charge in [-0.3, -0.25) is 4.90 Å². The van der Waals surface area contributed by atoms with Crippen LogP contribution >= 0.6 is 23.2 Å². The van der Waals surface area contributed by atoms with Gasteiger partial charge in [0.25, 0.3) is 0 Å². The van der Waals surface area contributed by atoms with E-state index in [0.717, 1.165) is 31.5 Å². The average Bonchev–Trinajstić information content (AvgIpc) is 2.74. The summed E-state index contributed by atoms with van der Waals surface area (Å²) in [6, 6.07) is 12.7. The highest BCUT2D eigenvalue weighted by atomic mass is 35.5. The minimum atomic E-state index is -3.65. The molecule has 0 aromatic heterocycles. The van der Waals surface area contributed by atoms with Crippen molar-refractivity contribution in [2.75, 3.05) is 26.2 Å². The number of aryl methyl sites for hydroxylation is 1. The third-order valence-corrected chi connectivity index (χ3v) is 9.39. The minimum Gasteiger partial charge on any atom is -0.385 e. The fourth-order valence-corrected chi connectivity index (χ4v) is 7.24. The monoisotopic (exact) mass is 482 g/mol. The van der Waals surface area contributed by atoms with Crippen molar-refractivity contribution in [3.05, 3.63) is 63.6 Å². The summed E-state index contributed by atoms with van der Waals surface area (Å²) in [6.45, 7) is 4.19. The molecule has 0 spiro atoms. The Morgan fingerprint density at radius 1 is 1.03 bits per heavy atom. The summed E-state index contributed by atoms with van der Waals surface area (Å²) in [7, 11) is -3.65. The van der Waals surface area contributed by atoms with Gasteiger partial charge in [-0.15, -0.1) is 0 Å². The standard InChI is InChI=1S/C23H28Cl2N2O3S/c1-17-4-2-6-21(25)22(17)31(29,30)27-13-3-5-20(16-27)26-14-11-23(28,12-15-26)18-7-9-19(24)10-8-18/h2,4,6-10,20,28H,3,5,11-16H2,1H3/t20-/m1/s1. The van der Waals surface area contributed by atoms with E-state index in [2.05, 4.69) is 4.90 Å². The first-order chi connectivity index (χ1) is 14.7. The summed E-state index contributed by atoms with van der Waals surface area (Å²) in [4.78, 5) is 2.54. The Bertz CT molecular complexity index is 1020. The molecule has 0 amide bonds. The van der Waals surface area contributed by atoms with Gasteiger partial charge in [0.2, 0.25) is 10.0 Å². The molecule has 5 nitrogen and oxygen atoms in total. The fourth-order valence-electron chi connectivity index (χ4n) is 4.82. The molecule has 4 rings (SSSR count). The van der Waals surface area contributed by atoms with E-state index in [9.17, 15) is 13.5 Å². The van der Waals surface area contributed by atoms with Gasteiger partial charge in [-0.2, -0.15) is 4.31 Å². The van der Waals surface area contributed by atoms with Crippen LogP contribution in [-0.2, 0) is 15.6 Å². The molecule has 1 atom stereocenters. The molecule has 8 heteroatoms. The van der Waals surface area contributed by atoms with Gasteiger partial charge in [0.15, 0.2) is 0 Å². The number of piperidine rings is 2. The van der Waals surface area contributed by atoms with Crippen LogP contribution in [0.25, 0.3) is 0 Å². The highest BCUT2D eigenvalue weighted by Gasteiger charge is 2.39. The zero-order valence-electron chi connectivity index (χ0n) is 17.6. The normalized spacial score (nSPS) is 23.0. The highest BCUT2D eigenvalue weighted by Crippen LogP contribution is 2.36. The molecule has 2 aliphatic rings. The van der Waals surface area contributed by atoms with Gasteiger partial charge in [-0.1, -0.05) is 47.5 Å². The first-order valence-corrected chi connectivity index (χ1v) is 12.9. The van der Waals surface area contributed by atoms with Gasteiger partial charge in [0.05, 0.1) is 10.6 Å². The van der Waals surface area contributed by atoms with Crippen LogP contribution < -0.4 is 0 Å². The maximum Gasteiger partial charge on any atom is 0.244 e. The fraction of sp³-hybridized carbons (Fsp3) is 0.478. The van der Waals surface area contributed by atoms with Crippen LogP contribution in [0, 0.1) is 6.92 Å². The first-order valence-electron chi connectivity index (χ1n) is 10.7. The molecule has 2 heterocycles. The molecule has 31 heavy (non-hydrogen) atoms. The summed E-state index contributed by atoms with van der Waals surface area (Å²) in [5.74, 6) is 0. The summed E-state index contributed by atoms with van der Waals surface area (Å²) in [5, 5.41) is 12.1. The van der Waals surface area contributed by atoms with Gasteiger partial charge in [0, 0.05) is 37.2 Å². The molecule has 2 aliphatic heterocycles. The molecule has 0 aliphatic carbocycles.